The molecule has 0 bridgehead atoms. The Bertz CT molecular complexity index is 1000. The predicted octanol–water partition coefficient (Wildman–Crippen LogP) is 4.57. The summed E-state index contributed by atoms with van der Waals surface area (Å²) in [6, 6.07) is 15.4. The fraction of sp³-hybridized carbons (Fsp3) is 0.391. The van der Waals surface area contributed by atoms with E-state index >= 15 is 0 Å². The van der Waals surface area contributed by atoms with E-state index in [1.54, 1.807) is 28.8 Å². The van der Waals surface area contributed by atoms with Gasteiger partial charge in [0.05, 0.1) is 5.69 Å². The first-order chi connectivity index (χ1) is 14.5. The van der Waals surface area contributed by atoms with Crippen LogP contribution in [0.25, 0.3) is 5.69 Å². The number of aromatic nitrogens is 4. The van der Waals surface area contributed by atoms with Gasteiger partial charge in [-0.15, -0.1) is 5.10 Å². The molecular formula is C23H27N5O2. The predicted molar refractivity (Wildman–Crippen MR) is 114 cm³/mol. The number of para-hydroxylation sites is 1. The molecule has 1 aromatic heterocycles. The van der Waals surface area contributed by atoms with Crippen LogP contribution >= 0.6 is 0 Å². The third kappa shape index (κ3) is 3.79. The van der Waals surface area contributed by atoms with Crippen LogP contribution in [0, 0.1) is 13.8 Å². The monoisotopic (exact) mass is 405 g/mol. The summed E-state index contributed by atoms with van der Waals surface area (Å²) in [7, 11) is 1.79. The van der Waals surface area contributed by atoms with E-state index in [1.807, 2.05) is 18.2 Å². The lowest BCUT2D eigenvalue weighted by atomic mass is 9.79. The van der Waals surface area contributed by atoms with Crippen molar-refractivity contribution in [3.05, 3.63) is 65.5 Å². The second-order valence-electron chi connectivity index (χ2n) is 8.09. The van der Waals surface area contributed by atoms with Crippen molar-refractivity contribution in [3.63, 3.8) is 0 Å². The van der Waals surface area contributed by atoms with Crippen LogP contribution < -0.4 is 4.74 Å². The van der Waals surface area contributed by atoms with Crippen molar-refractivity contribution in [3.8, 4) is 11.4 Å². The first kappa shape index (κ1) is 20.1. The highest BCUT2D eigenvalue weighted by atomic mass is 16.6. The van der Waals surface area contributed by atoms with E-state index in [-0.39, 0.29) is 0 Å². The van der Waals surface area contributed by atoms with E-state index in [9.17, 15) is 4.79 Å². The minimum absolute atomic E-state index is 0.405. The molecule has 2 aromatic carbocycles. The van der Waals surface area contributed by atoms with E-state index in [0.29, 0.717) is 11.6 Å². The Morgan fingerprint density at radius 3 is 2.37 bits per heavy atom. The Morgan fingerprint density at radius 2 is 1.70 bits per heavy atom. The van der Waals surface area contributed by atoms with Crippen molar-refractivity contribution in [1.82, 2.24) is 25.1 Å². The maximum Gasteiger partial charge on any atom is 0.415 e. The number of nitrogens with zero attached hydrogens (tertiary/aromatic N) is 5. The number of aryl methyl sites for hydroxylation is 2. The van der Waals surface area contributed by atoms with Gasteiger partial charge < -0.3 is 4.74 Å². The highest BCUT2D eigenvalue weighted by Gasteiger charge is 2.45. The number of amides is 1. The normalized spacial score (nSPS) is 15.6. The third-order valence-corrected chi connectivity index (χ3v) is 5.88. The lowest BCUT2D eigenvalue weighted by Gasteiger charge is -2.42. The summed E-state index contributed by atoms with van der Waals surface area (Å²) in [5.41, 5.74) is 2.56. The Labute approximate surface area is 176 Å². The maximum atomic E-state index is 13.1. The van der Waals surface area contributed by atoms with Gasteiger partial charge in [0.25, 0.3) is 0 Å². The number of tetrazole rings is 1. The molecule has 0 spiro atoms. The third-order valence-electron chi connectivity index (χ3n) is 5.88. The van der Waals surface area contributed by atoms with Crippen LogP contribution in [0.2, 0.25) is 0 Å². The number of rotatable bonds is 4. The molecule has 0 radical (unpaired) electrons. The number of hydrogen-bond acceptors (Lipinski definition) is 5. The average molecular weight is 406 g/mol. The second-order valence-corrected chi connectivity index (χ2v) is 8.09. The van der Waals surface area contributed by atoms with Gasteiger partial charge in [-0.2, -0.15) is 4.68 Å². The molecule has 30 heavy (non-hydrogen) atoms. The molecule has 7 nitrogen and oxygen atoms in total. The van der Waals surface area contributed by atoms with E-state index in [0.717, 1.165) is 48.9 Å². The number of hydrogen-bond donors (Lipinski definition) is 0. The van der Waals surface area contributed by atoms with Gasteiger partial charge >= 0.3 is 6.09 Å². The van der Waals surface area contributed by atoms with E-state index in [2.05, 4.69) is 47.6 Å². The Balaban J connectivity index is 1.73. The summed E-state index contributed by atoms with van der Waals surface area (Å²) in [5, 5.41) is 12.7. The summed E-state index contributed by atoms with van der Waals surface area (Å²) in [4.78, 5) is 14.8. The first-order valence-electron chi connectivity index (χ1n) is 10.4. The Kier molecular flexibility index (Phi) is 5.53. The van der Waals surface area contributed by atoms with Gasteiger partial charge in [-0.05, 0) is 72.5 Å². The quantitative estimate of drug-likeness (QED) is 0.636. The molecule has 3 aromatic rings. The standard InChI is InChI=1S/C23H27N5O2/c1-17-14-18(2)16-19(15-17)28-21(24-25-26-28)23(12-8-5-9-13-23)27(3)22(29)30-20-10-6-4-7-11-20/h4,6-7,10-11,14-16H,5,8-9,12-13H2,1-3H3. The topological polar surface area (TPSA) is 73.1 Å². The van der Waals surface area contributed by atoms with Crippen molar-refractivity contribution >= 4 is 6.09 Å². The zero-order valence-corrected chi connectivity index (χ0v) is 17.7. The molecule has 0 atom stereocenters. The molecule has 0 N–H and O–H groups in total. The minimum Gasteiger partial charge on any atom is -0.410 e. The molecule has 0 unspecified atom stereocenters. The fourth-order valence-electron chi connectivity index (χ4n) is 4.40. The lowest BCUT2D eigenvalue weighted by molar-refractivity contribution is 0.0622. The van der Waals surface area contributed by atoms with Crippen molar-refractivity contribution in [2.75, 3.05) is 7.05 Å². The first-order valence-corrected chi connectivity index (χ1v) is 10.4. The van der Waals surface area contributed by atoms with Crippen molar-refractivity contribution in [1.29, 1.82) is 0 Å². The molecule has 0 aliphatic heterocycles. The van der Waals surface area contributed by atoms with Crippen molar-refractivity contribution in [2.45, 2.75) is 51.5 Å². The van der Waals surface area contributed by atoms with E-state index in [1.165, 1.54) is 0 Å². The van der Waals surface area contributed by atoms with Crippen LogP contribution in [-0.4, -0.2) is 38.2 Å². The zero-order chi connectivity index (χ0) is 21.1. The van der Waals surface area contributed by atoms with Gasteiger partial charge in [-0.1, -0.05) is 43.5 Å². The van der Waals surface area contributed by atoms with Gasteiger partial charge in [-0.3, -0.25) is 4.90 Å². The highest BCUT2D eigenvalue weighted by molar-refractivity contribution is 5.71. The number of carbonyl (C=O) groups is 1. The maximum absolute atomic E-state index is 13.1. The number of ether oxygens (including phenoxy) is 1. The average Bonchev–Trinajstić information content (AvgIpc) is 3.24. The summed E-state index contributed by atoms with van der Waals surface area (Å²) < 4.78 is 7.42. The molecule has 1 heterocycles. The van der Waals surface area contributed by atoms with Crippen molar-refractivity contribution < 1.29 is 9.53 Å². The molecule has 1 aliphatic carbocycles. The largest absolute Gasteiger partial charge is 0.415 e. The van der Waals surface area contributed by atoms with Crippen molar-refractivity contribution in [2.24, 2.45) is 0 Å². The minimum atomic E-state index is -0.620. The molecule has 7 heteroatoms. The SMILES string of the molecule is Cc1cc(C)cc(-n2nnnc2C2(N(C)C(=O)Oc3ccccc3)CCCCC2)c1. The molecule has 1 fully saturated rings. The molecule has 1 saturated carbocycles. The summed E-state index contributed by atoms with van der Waals surface area (Å²) in [6.07, 6.45) is 4.31. The van der Waals surface area contributed by atoms with Gasteiger partial charge in [0, 0.05) is 7.05 Å². The van der Waals surface area contributed by atoms with E-state index in [4.69, 9.17) is 4.74 Å². The van der Waals surface area contributed by atoms with Gasteiger partial charge in [0.1, 0.15) is 11.3 Å². The molecule has 1 amide bonds. The fourth-order valence-corrected chi connectivity index (χ4v) is 4.40. The number of benzene rings is 2. The van der Waals surface area contributed by atoms with E-state index < -0.39 is 11.6 Å². The molecule has 0 saturated heterocycles. The van der Waals surface area contributed by atoms with Crippen LogP contribution in [0.3, 0.4) is 0 Å². The Morgan fingerprint density at radius 1 is 1.03 bits per heavy atom. The molecular weight excluding hydrogens is 378 g/mol. The molecule has 156 valence electrons. The Hall–Kier alpha value is -3.22. The smallest absolute Gasteiger partial charge is 0.410 e. The molecule has 4 rings (SSSR count). The van der Waals surface area contributed by atoms with Crippen LogP contribution in [-0.2, 0) is 5.54 Å². The van der Waals surface area contributed by atoms with Crippen LogP contribution in [0.1, 0.15) is 49.1 Å². The van der Waals surface area contributed by atoms with Crippen LogP contribution in [0.15, 0.2) is 48.5 Å². The second kappa shape index (κ2) is 8.26. The van der Waals surface area contributed by atoms with Gasteiger partial charge in [0.15, 0.2) is 5.82 Å². The van der Waals surface area contributed by atoms with Gasteiger partial charge in [0.2, 0.25) is 0 Å². The summed E-state index contributed by atoms with van der Waals surface area (Å²) >= 11 is 0. The lowest BCUT2D eigenvalue weighted by Crippen LogP contribution is -2.51. The number of carbonyl (C=O) groups excluding carboxylic acids is 1. The highest BCUT2D eigenvalue weighted by Crippen LogP contribution is 2.41. The molecule has 1 aliphatic rings. The summed E-state index contributed by atoms with van der Waals surface area (Å²) in [5.74, 6) is 1.20. The van der Waals surface area contributed by atoms with Gasteiger partial charge in [-0.25, -0.2) is 4.79 Å². The van der Waals surface area contributed by atoms with Crippen LogP contribution in [0.5, 0.6) is 5.75 Å². The van der Waals surface area contributed by atoms with Crippen LogP contribution in [0.4, 0.5) is 4.79 Å². The summed E-state index contributed by atoms with van der Waals surface area (Å²) in [6.45, 7) is 4.11. The zero-order valence-electron chi connectivity index (χ0n) is 17.7.